The van der Waals surface area contributed by atoms with Gasteiger partial charge >= 0.3 is 0 Å². The molecule has 0 fully saturated rings. The number of ether oxygens (including phenoxy) is 3. The summed E-state index contributed by atoms with van der Waals surface area (Å²) in [6.45, 7) is 8.40. The van der Waals surface area contributed by atoms with Gasteiger partial charge in [0.15, 0.2) is 16.6 Å². The number of likely N-dealkylation sites (N-methyl/N-ethyl adjacent to an activating group) is 1. The van der Waals surface area contributed by atoms with Crippen molar-refractivity contribution in [2.75, 3.05) is 51.4 Å². The van der Waals surface area contributed by atoms with E-state index < -0.39 is 0 Å². The first-order chi connectivity index (χ1) is 17.1. The molecule has 5 rings (SSSR count). The van der Waals surface area contributed by atoms with Gasteiger partial charge in [0.05, 0.1) is 22.9 Å². The van der Waals surface area contributed by atoms with Gasteiger partial charge in [0.25, 0.3) is 5.91 Å². The Balaban J connectivity index is 1.57. The standard InChI is InChI=1S/C27H29N3O4S/c1-4-29(5-2)10-11-30(26(31)20-14-18-8-6-7-9-19(18)15-22(20)32-3)27-28-21-16-23-24(17-25(21)35-27)34-13-12-33-23/h6-9,14-17H,4-5,10-13H2,1-3H3. The SMILES string of the molecule is CCN(CC)CCN(C(=O)c1cc2ccccc2cc1OC)c1nc2cc3c(cc2s1)OCCO3. The van der Waals surface area contributed by atoms with Gasteiger partial charge in [-0.2, -0.15) is 0 Å². The maximum absolute atomic E-state index is 14.0. The zero-order valence-corrected chi connectivity index (χ0v) is 21.1. The molecule has 0 spiro atoms. The van der Waals surface area contributed by atoms with E-state index in [9.17, 15) is 4.79 Å². The van der Waals surface area contributed by atoms with Crippen molar-refractivity contribution in [3.05, 3.63) is 54.1 Å². The third kappa shape index (κ3) is 4.63. The number of hydrogen-bond acceptors (Lipinski definition) is 7. The predicted octanol–water partition coefficient (Wildman–Crippen LogP) is 5.22. The zero-order valence-electron chi connectivity index (χ0n) is 20.2. The van der Waals surface area contributed by atoms with E-state index in [0.717, 1.165) is 46.4 Å². The second-order valence-corrected chi connectivity index (χ2v) is 9.35. The van der Waals surface area contributed by atoms with E-state index in [1.807, 2.05) is 48.5 Å². The average Bonchev–Trinajstić information content (AvgIpc) is 3.31. The summed E-state index contributed by atoms with van der Waals surface area (Å²) in [6.07, 6.45) is 0. The number of nitrogens with zero attached hydrogens (tertiary/aromatic N) is 3. The molecule has 0 aliphatic carbocycles. The number of fused-ring (bicyclic) bond motifs is 3. The Morgan fingerprint density at radius 1 is 1.00 bits per heavy atom. The van der Waals surface area contributed by atoms with E-state index in [1.165, 1.54) is 11.3 Å². The van der Waals surface area contributed by atoms with Gasteiger partial charge in [0, 0.05) is 25.2 Å². The van der Waals surface area contributed by atoms with Crippen LogP contribution >= 0.6 is 11.3 Å². The van der Waals surface area contributed by atoms with Crippen LogP contribution in [0.4, 0.5) is 5.13 Å². The molecule has 8 heteroatoms. The van der Waals surface area contributed by atoms with Crippen molar-refractivity contribution in [3.63, 3.8) is 0 Å². The third-order valence-electron chi connectivity index (χ3n) is 6.35. The Morgan fingerprint density at radius 2 is 1.69 bits per heavy atom. The maximum atomic E-state index is 14.0. The molecule has 1 amide bonds. The molecule has 0 radical (unpaired) electrons. The Hall–Kier alpha value is -3.36. The first-order valence-electron chi connectivity index (χ1n) is 11.9. The van der Waals surface area contributed by atoms with E-state index >= 15 is 0 Å². The lowest BCUT2D eigenvalue weighted by Gasteiger charge is -2.25. The molecule has 3 aromatic carbocycles. The Kier molecular flexibility index (Phi) is 6.74. The van der Waals surface area contributed by atoms with Crippen molar-refractivity contribution in [1.29, 1.82) is 0 Å². The summed E-state index contributed by atoms with van der Waals surface area (Å²) in [5.41, 5.74) is 1.32. The topological polar surface area (TPSA) is 64.1 Å². The Bertz CT molecular complexity index is 1320. The lowest BCUT2D eigenvalue weighted by Crippen LogP contribution is -2.39. The van der Waals surface area contributed by atoms with Crippen LogP contribution in [0.25, 0.3) is 21.0 Å². The van der Waals surface area contributed by atoms with Gasteiger partial charge in [-0.3, -0.25) is 9.69 Å². The van der Waals surface area contributed by atoms with Crippen molar-refractivity contribution in [2.45, 2.75) is 13.8 Å². The molecule has 0 atom stereocenters. The predicted molar refractivity (Wildman–Crippen MR) is 141 cm³/mol. The van der Waals surface area contributed by atoms with Crippen LogP contribution < -0.4 is 19.1 Å². The number of rotatable bonds is 8. The number of aromatic nitrogens is 1. The number of thiazole rings is 1. The summed E-state index contributed by atoms with van der Waals surface area (Å²) in [6, 6.07) is 15.7. The molecule has 0 N–H and O–H groups in total. The summed E-state index contributed by atoms with van der Waals surface area (Å²) in [4.78, 5) is 23.0. The van der Waals surface area contributed by atoms with Crippen LogP contribution in [-0.4, -0.2) is 62.3 Å². The molecule has 4 aromatic rings. The number of anilines is 1. The third-order valence-corrected chi connectivity index (χ3v) is 7.39. The molecule has 1 aliphatic rings. The highest BCUT2D eigenvalue weighted by Crippen LogP contribution is 2.39. The minimum atomic E-state index is -0.129. The van der Waals surface area contributed by atoms with Crippen LogP contribution in [0.2, 0.25) is 0 Å². The van der Waals surface area contributed by atoms with Gasteiger partial charge in [-0.25, -0.2) is 4.98 Å². The summed E-state index contributed by atoms with van der Waals surface area (Å²) >= 11 is 1.48. The van der Waals surface area contributed by atoms with Crippen molar-refractivity contribution in [3.8, 4) is 17.2 Å². The quantitative estimate of drug-likeness (QED) is 0.337. The molecule has 2 heterocycles. The summed E-state index contributed by atoms with van der Waals surface area (Å²) in [5, 5.41) is 2.67. The van der Waals surface area contributed by atoms with Crippen molar-refractivity contribution in [2.24, 2.45) is 0 Å². The molecular formula is C27H29N3O4S. The lowest BCUT2D eigenvalue weighted by molar-refractivity contribution is 0.0981. The number of benzene rings is 3. The first kappa shape index (κ1) is 23.4. The summed E-state index contributed by atoms with van der Waals surface area (Å²) in [5.74, 6) is 1.84. The van der Waals surface area contributed by atoms with E-state index in [2.05, 4.69) is 18.7 Å². The minimum Gasteiger partial charge on any atom is -0.496 e. The molecule has 0 unspecified atom stereocenters. The Labute approximate surface area is 208 Å². The fraction of sp³-hybridized carbons (Fsp3) is 0.333. The number of hydrogen-bond donors (Lipinski definition) is 0. The first-order valence-corrected chi connectivity index (χ1v) is 12.7. The van der Waals surface area contributed by atoms with Crippen molar-refractivity contribution < 1.29 is 19.0 Å². The molecule has 0 saturated carbocycles. The smallest absolute Gasteiger partial charge is 0.263 e. The van der Waals surface area contributed by atoms with E-state index in [0.29, 0.717) is 42.0 Å². The van der Waals surface area contributed by atoms with Crippen LogP contribution in [0.1, 0.15) is 24.2 Å². The molecule has 0 bridgehead atoms. The lowest BCUT2D eigenvalue weighted by atomic mass is 10.0. The number of carbonyl (C=O) groups is 1. The Morgan fingerprint density at radius 3 is 2.37 bits per heavy atom. The molecule has 1 aliphatic heterocycles. The van der Waals surface area contributed by atoms with Gasteiger partial charge < -0.3 is 19.1 Å². The van der Waals surface area contributed by atoms with Gasteiger partial charge in [0.1, 0.15) is 19.0 Å². The van der Waals surface area contributed by atoms with Gasteiger partial charge in [-0.15, -0.1) is 0 Å². The van der Waals surface area contributed by atoms with Gasteiger partial charge in [-0.05, 0) is 36.0 Å². The van der Waals surface area contributed by atoms with Crippen LogP contribution in [0.3, 0.4) is 0 Å². The normalized spacial score (nSPS) is 12.9. The fourth-order valence-corrected chi connectivity index (χ4v) is 5.33. The van der Waals surface area contributed by atoms with Crippen LogP contribution in [0, 0.1) is 0 Å². The monoisotopic (exact) mass is 491 g/mol. The van der Waals surface area contributed by atoms with E-state index in [-0.39, 0.29) is 5.91 Å². The molecule has 1 aromatic heterocycles. The molecule has 7 nitrogen and oxygen atoms in total. The van der Waals surface area contributed by atoms with Crippen LogP contribution in [-0.2, 0) is 0 Å². The second-order valence-electron chi connectivity index (χ2n) is 8.34. The van der Waals surface area contributed by atoms with Crippen LogP contribution in [0.5, 0.6) is 17.2 Å². The largest absolute Gasteiger partial charge is 0.496 e. The van der Waals surface area contributed by atoms with E-state index in [1.54, 1.807) is 12.0 Å². The molecule has 35 heavy (non-hydrogen) atoms. The number of carbonyl (C=O) groups excluding carboxylic acids is 1. The highest BCUT2D eigenvalue weighted by Gasteiger charge is 2.26. The average molecular weight is 492 g/mol. The maximum Gasteiger partial charge on any atom is 0.263 e. The van der Waals surface area contributed by atoms with Crippen molar-refractivity contribution in [1.82, 2.24) is 9.88 Å². The summed E-state index contributed by atoms with van der Waals surface area (Å²) in [7, 11) is 1.60. The van der Waals surface area contributed by atoms with Gasteiger partial charge in [-0.1, -0.05) is 49.4 Å². The highest BCUT2D eigenvalue weighted by molar-refractivity contribution is 7.22. The highest BCUT2D eigenvalue weighted by atomic mass is 32.1. The van der Waals surface area contributed by atoms with Crippen LogP contribution in [0.15, 0.2) is 48.5 Å². The molecule has 0 saturated heterocycles. The number of methoxy groups -OCH3 is 1. The molecular weight excluding hydrogens is 462 g/mol. The van der Waals surface area contributed by atoms with Gasteiger partial charge in [0.2, 0.25) is 0 Å². The van der Waals surface area contributed by atoms with Crippen molar-refractivity contribution >= 4 is 43.4 Å². The fourth-order valence-electron chi connectivity index (χ4n) is 4.33. The molecule has 182 valence electrons. The number of amides is 1. The second kappa shape index (κ2) is 10.1. The zero-order chi connectivity index (χ0) is 24.4. The van der Waals surface area contributed by atoms with E-state index in [4.69, 9.17) is 19.2 Å². The summed E-state index contributed by atoms with van der Waals surface area (Å²) < 4.78 is 18.1. The minimum absolute atomic E-state index is 0.129.